The van der Waals surface area contributed by atoms with Gasteiger partial charge in [-0.1, -0.05) is 83.9 Å². The molecule has 2 heterocycles. The summed E-state index contributed by atoms with van der Waals surface area (Å²) in [5.41, 5.74) is 12.9. The lowest BCUT2D eigenvalue weighted by molar-refractivity contribution is -0.146. The van der Waals surface area contributed by atoms with E-state index in [1.807, 2.05) is 36.4 Å². The van der Waals surface area contributed by atoms with E-state index in [1.165, 1.54) is 22.3 Å². The van der Waals surface area contributed by atoms with Crippen molar-refractivity contribution in [1.82, 2.24) is 9.80 Å². The lowest BCUT2D eigenvalue weighted by Crippen LogP contribution is -2.38. The third-order valence-corrected chi connectivity index (χ3v) is 11.6. The number of aliphatic hydroxyl groups excluding tert-OH is 2. The van der Waals surface area contributed by atoms with Gasteiger partial charge in [-0.05, 0) is 85.0 Å². The first-order valence-corrected chi connectivity index (χ1v) is 19.7. The van der Waals surface area contributed by atoms with Gasteiger partial charge in [0.2, 0.25) is 0 Å². The molecule has 4 aromatic carbocycles. The van der Waals surface area contributed by atoms with Gasteiger partial charge in [0.05, 0.1) is 48.3 Å². The summed E-state index contributed by atoms with van der Waals surface area (Å²) >= 11 is 14.6. The van der Waals surface area contributed by atoms with Crippen molar-refractivity contribution in [1.29, 1.82) is 0 Å². The Morgan fingerprint density at radius 3 is 1.37 bits per heavy atom. The Morgan fingerprint density at radius 2 is 1.00 bits per heavy atom. The van der Waals surface area contributed by atoms with Gasteiger partial charge in [0.25, 0.3) is 0 Å². The average molecular weight is 774 g/mol. The van der Waals surface area contributed by atoms with Crippen LogP contribution in [-0.4, -0.2) is 83.6 Å². The fourth-order valence-corrected chi connectivity index (χ4v) is 8.70. The zero-order valence-electron chi connectivity index (χ0n) is 31.6. The van der Waals surface area contributed by atoms with Gasteiger partial charge >= 0.3 is 11.9 Å². The molecule has 0 radical (unpaired) electrons. The molecule has 2 aliphatic heterocycles. The topological polar surface area (TPSA) is 99.5 Å². The highest BCUT2D eigenvalue weighted by Gasteiger charge is 2.26. The second-order valence-electron chi connectivity index (χ2n) is 14.4. The molecular weight excluding hydrogens is 723 g/mol. The lowest BCUT2D eigenvalue weighted by atomic mass is 9.87. The number of carbonyl (C=O) groups excluding carboxylic acids is 2. The summed E-state index contributed by atoms with van der Waals surface area (Å²) < 4.78 is 10.1. The summed E-state index contributed by atoms with van der Waals surface area (Å²) in [6.07, 6.45) is 0.106. The first kappa shape index (κ1) is 39.9. The molecule has 0 aliphatic carbocycles. The van der Waals surface area contributed by atoms with Crippen molar-refractivity contribution in [2.45, 2.75) is 78.7 Å². The summed E-state index contributed by atoms with van der Waals surface area (Å²) in [5, 5.41) is 22.4. The quantitative estimate of drug-likeness (QED) is 0.132. The van der Waals surface area contributed by atoms with Gasteiger partial charge in [-0.2, -0.15) is 0 Å². The molecular formula is C44H50Cl2N2O6. The Bertz CT molecular complexity index is 1870. The summed E-state index contributed by atoms with van der Waals surface area (Å²) in [6.45, 7) is 12.1. The van der Waals surface area contributed by atoms with Crippen LogP contribution >= 0.6 is 23.2 Å². The van der Waals surface area contributed by atoms with Crippen LogP contribution in [0.1, 0.15) is 60.1 Å². The molecule has 0 fully saturated rings. The SMILES string of the molecule is CCOC(=O)C[C@H](O)CN1CCc2ccc(-c3cccc(-c4cccc(-c5ccc6c(c5C)CN(C[C@@H](O)CC(=O)OCC)CC6)c4Cl)c3Cl)c(C)c2C1. The molecule has 54 heavy (non-hydrogen) atoms. The molecule has 2 N–H and O–H groups in total. The smallest absolute Gasteiger partial charge is 0.308 e. The van der Waals surface area contributed by atoms with Crippen LogP contribution in [0.4, 0.5) is 0 Å². The van der Waals surface area contributed by atoms with Crippen molar-refractivity contribution in [3.05, 3.63) is 104 Å². The highest BCUT2D eigenvalue weighted by atomic mass is 35.5. The van der Waals surface area contributed by atoms with E-state index in [9.17, 15) is 19.8 Å². The number of β-amino-alcohol motifs (C(OH)–C–C–N with tert-alkyl or cyclic N) is 2. The van der Waals surface area contributed by atoms with Crippen LogP contribution in [0.5, 0.6) is 0 Å². The number of hydrogen-bond donors (Lipinski definition) is 2. The Balaban J connectivity index is 1.25. The molecule has 286 valence electrons. The van der Waals surface area contributed by atoms with Crippen molar-refractivity contribution in [2.24, 2.45) is 0 Å². The molecule has 8 nitrogen and oxygen atoms in total. The van der Waals surface area contributed by atoms with E-state index in [0.717, 1.165) is 70.4 Å². The number of rotatable bonds is 13. The molecule has 0 amide bonds. The lowest BCUT2D eigenvalue weighted by Gasteiger charge is -2.32. The standard InChI is InChI=1S/C44H50Cl2N2O6/c1-5-53-41(51)21-31(49)23-47-19-17-29-13-15-33(27(3)39(29)25-47)35-9-7-11-37(43(35)45)38-12-8-10-36(44(38)46)34-16-14-30-18-20-48(26-40(30)28(34)4)24-32(50)22-42(52)54-6-2/h7-16,31-32,49-50H,5-6,17-26H2,1-4H3/t31-,32-/m0/s1. The normalized spacial score (nSPS) is 15.6. The van der Waals surface area contributed by atoms with E-state index < -0.39 is 12.2 Å². The maximum atomic E-state index is 11.9. The van der Waals surface area contributed by atoms with E-state index in [4.69, 9.17) is 32.7 Å². The van der Waals surface area contributed by atoms with E-state index in [-0.39, 0.29) is 24.8 Å². The van der Waals surface area contributed by atoms with Gasteiger partial charge in [-0.25, -0.2) is 0 Å². The third-order valence-electron chi connectivity index (χ3n) is 10.8. The second kappa shape index (κ2) is 17.8. The number of ether oxygens (including phenoxy) is 2. The van der Waals surface area contributed by atoms with Crippen LogP contribution < -0.4 is 0 Å². The van der Waals surface area contributed by atoms with Crippen molar-refractivity contribution in [3.63, 3.8) is 0 Å². The van der Waals surface area contributed by atoms with Crippen LogP contribution in [0.25, 0.3) is 33.4 Å². The monoisotopic (exact) mass is 772 g/mol. The largest absolute Gasteiger partial charge is 0.466 e. The molecule has 2 aliphatic rings. The summed E-state index contributed by atoms with van der Waals surface area (Å²) in [6, 6.07) is 20.8. The number of aliphatic hydroxyl groups is 2. The zero-order valence-corrected chi connectivity index (χ0v) is 33.1. The van der Waals surface area contributed by atoms with Crippen LogP contribution in [0, 0.1) is 13.8 Å². The first-order valence-electron chi connectivity index (χ1n) is 18.9. The van der Waals surface area contributed by atoms with Gasteiger partial charge in [-0.3, -0.25) is 19.4 Å². The van der Waals surface area contributed by atoms with Gasteiger partial charge in [-0.15, -0.1) is 0 Å². The first-order chi connectivity index (χ1) is 26.0. The molecule has 6 rings (SSSR count). The summed E-state index contributed by atoms with van der Waals surface area (Å²) in [4.78, 5) is 28.2. The summed E-state index contributed by atoms with van der Waals surface area (Å²) in [7, 11) is 0. The average Bonchev–Trinajstić information content (AvgIpc) is 3.13. The van der Waals surface area contributed by atoms with E-state index in [2.05, 4.69) is 47.9 Å². The van der Waals surface area contributed by atoms with Crippen molar-refractivity contribution in [2.75, 3.05) is 39.4 Å². The van der Waals surface area contributed by atoms with E-state index in [1.54, 1.807) is 13.8 Å². The number of benzene rings is 4. The maximum absolute atomic E-state index is 11.9. The van der Waals surface area contributed by atoms with Crippen molar-refractivity contribution < 1.29 is 29.3 Å². The van der Waals surface area contributed by atoms with Crippen molar-refractivity contribution in [3.8, 4) is 33.4 Å². The number of fused-ring (bicyclic) bond motifs is 2. The molecule has 0 aromatic heterocycles. The molecule has 0 saturated heterocycles. The van der Waals surface area contributed by atoms with Crippen LogP contribution in [0.3, 0.4) is 0 Å². The van der Waals surface area contributed by atoms with E-state index in [0.29, 0.717) is 49.4 Å². The number of esters is 2. The van der Waals surface area contributed by atoms with Gasteiger partial charge < -0.3 is 19.7 Å². The highest BCUT2D eigenvalue weighted by molar-refractivity contribution is 6.39. The number of nitrogens with zero attached hydrogens (tertiary/aromatic N) is 2. The minimum absolute atomic E-state index is 0.0160. The predicted octanol–water partition coefficient (Wildman–Crippen LogP) is 7.96. The number of hydrogen-bond acceptors (Lipinski definition) is 8. The molecule has 10 heteroatoms. The Morgan fingerprint density at radius 1 is 0.630 bits per heavy atom. The molecule has 4 aromatic rings. The Hall–Kier alpha value is -3.76. The molecule has 0 bridgehead atoms. The summed E-state index contributed by atoms with van der Waals surface area (Å²) in [5.74, 6) is -0.764. The van der Waals surface area contributed by atoms with Gasteiger partial charge in [0.1, 0.15) is 0 Å². The fourth-order valence-electron chi connectivity index (χ4n) is 8.04. The van der Waals surface area contributed by atoms with Crippen LogP contribution in [-0.2, 0) is 45.0 Å². The Kier molecular flexibility index (Phi) is 13.2. The number of carbonyl (C=O) groups is 2. The second-order valence-corrected chi connectivity index (χ2v) is 15.1. The molecule has 2 atom stereocenters. The maximum Gasteiger partial charge on any atom is 0.308 e. The minimum atomic E-state index is -0.788. The van der Waals surface area contributed by atoms with Crippen molar-refractivity contribution >= 4 is 35.1 Å². The minimum Gasteiger partial charge on any atom is -0.466 e. The third kappa shape index (κ3) is 8.86. The molecule has 0 spiro atoms. The molecule has 0 saturated carbocycles. The predicted molar refractivity (Wildman–Crippen MR) is 215 cm³/mol. The molecule has 0 unspecified atom stereocenters. The highest BCUT2D eigenvalue weighted by Crippen LogP contribution is 2.45. The van der Waals surface area contributed by atoms with Crippen LogP contribution in [0.15, 0.2) is 60.7 Å². The fraction of sp³-hybridized carbons (Fsp3) is 0.409. The zero-order chi connectivity index (χ0) is 38.5. The Labute approximate surface area is 328 Å². The van der Waals surface area contributed by atoms with E-state index >= 15 is 0 Å². The van der Waals surface area contributed by atoms with Gasteiger partial charge in [0.15, 0.2) is 0 Å². The van der Waals surface area contributed by atoms with Crippen LogP contribution in [0.2, 0.25) is 10.0 Å². The number of halogens is 2. The van der Waals surface area contributed by atoms with Gasteiger partial charge in [0, 0.05) is 61.5 Å².